The first kappa shape index (κ1) is 18.5. The summed E-state index contributed by atoms with van der Waals surface area (Å²) in [7, 11) is 0. The summed E-state index contributed by atoms with van der Waals surface area (Å²) in [6, 6.07) is 9.83. The van der Waals surface area contributed by atoms with Crippen LogP contribution in [0.5, 0.6) is 0 Å². The average molecular weight is 391 g/mol. The van der Waals surface area contributed by atoms with E-state index in [0.29, 0.717) is 0 Å². The molecule has 2 aromatic carbocycles. The number of imide groups is 1. The highest BCUT2D eigenvalue weighted by atomic mass is 35.5. The lowest BCUT2D eigenvalue weighted by atomic mass is 10.1. The van der Waals surface area contributed by atoms with E-state index >= 15 is 0 Å². The Morgan fingerprint density at radius 2 is 1.70 bits per heavy atom. The predicted octanol–water partition coefficient (Wildman–Crippen LogP) is 2.26. The molecule has 0 saturated carbocycles. The molecule has 0 aliphatic carbocycles. The molecule has 1 aliphatic rings. The number of hydrogen-bond acceptors (Lipinski definition) is 5. The highest BCUT2D eigenvalue weighted by molar-refractivity contribution is 6.30. The van der Waals surface area contributed by atoms with Crippen molar-refractivity contribution < 1.29 is 28.3 Å². The molecule has 0 saturated heterocycles. The molecule has 0 atom stereocenters. The molecule has 2 aromatic rings. The number of ether oxygens (including phenoxy) is 1. The Balaban J connectivity index is 1.54. The number of carbonyl (C=O) groups excluding carboxylic acids is 4. The topological polar surface area (TPSA) is 92.8 Å². The van der Waals surface area contributed by atoms with Crippen LogP contribution in [0.4, 0.5) is 10.1 Å². The predicted molar refractivity (Wildman–Crippen MR) is 92.8 cm³/mol. The van der Waals surface area contributed by atoms with Crippen molar-refractivity contribution in [2.24, 2.45) is 0 Å². The number of anilines is 1. The molecule has 0 spiro atoms. The molecular weight excluding hydrogens is 379 g/mol. The van der Waals surface area contributed by atoms with Gasteiger partial charge in [-0.05, 0) is 30.3 Å². The first-order chi connectivity index (χ1) is 12.9. The van der Waals surface area contributed by atoms with Crippen LogP contribution in [0.15, 0.2) is 42.5 Å². The number of amides is 3. The lowest BCUT2D eigenvalue weighted by molar-refractivity contribution is -0.147. The van der Waals surface area contributed by atoms with E-state index in [1.54, 1.807) is 12.1 Å². The van der Waals surface area contributed by atoms with Gasteiger partial charge in [0.05, 0.1) is 16.8 Å². The van der Waals surface area contributed by atoms with E-state index < -0.39 is 42.7 Å². The summed E-state index contributed by atoms with van der Waals surface area (Å²) < 4.78 is 18.4. The monoisotopic (exact) mass is 390 g/mol. The lowest BCUT2D eigenvalue weighted by Gasteiger charge is -2.13. The number of nitrogens with one attached hydrogen (secondary N) is 1. The van der Waals surface area contributed by atoms with Crippen LogP contribution in [0, 0.1) is 5.82 Å². The van der Waals surface area contributed by atoms with Crippen molar-refractivity contribution in [2.75, 3.05) is 18.5 Å². The van der Waals surface area contributed by atoms with Gasteiger partial charge in [0.15, 0.2) is 6.61 Å². The number of halogens is 2. The molecule has 0 fully saturated rings. The number of benzene rings is 2. The number of nitrogens with zero attached hydrogens (tertiary/aromatic N) is 1. The third kappa shape index (κ3) is 3.95. The molecule has 1 heterocycles. The summed E-state index contributed by atoms with van der Waals surface area (Å²) >= 11 is 5.61. The van der Waals surface area contributed by atoms with E-state index in [-0.39, 0.29) is 21.8 Å². The molecule has 3 amide bonds. The maximum atomic E-state index is 13.6. The highest BCUT2D eigenvalue weighted by Crippen LogP contribution is 2.22. The fraction of sp³-hybridized carbons (Fsp3) is 0.111. The zero-order chi connectivity index (χ0) is 19.6. The van der Waals surface area contributed by atoms with Crippen LogP contribution in [0.1, 0.15) is 20.7 Å². The summed E-state index contributed by atoms with van der Waals surface area (Å²) in [5, 5.41) is 2.39. The molecular formula is C18H12ClFN2O5. The second-order valence-electron chi connectivity index (χ2n) is 5.58. The Morgan fingerprint density at radius 1 is 1.07 bits per heavy atom. The average Bonchev–Trinajstić information content (AvgIpc) is 2.88. The normalized spacial score (nSPS) is 12.7. The van der Waals surface area contributed by atoms with Crippen molar-refractivity contribution in [1.29, 1.82) is 0 Å². The minimum Gasteiger partial charge on any atom is -0.454 e. The maximum Gasteiger partial charge on any atom is 0.326 e. The van der Waals surface area contributed by atoms with Gasteiger partial charge in [-0.1, -0.05) is 23.7 Å². The van der Waals surface area contributed by atoms with Gasteiger partial charge in [-0.25, -0.2) is 4.39 Å². The molecule has 1 N–H and O–H groups in total. The first-order valence-electron chi connectivity index (χ1n) is 7.72. The second-order valence-corrected chi connectivity index (χ2v) is 6.01. The SMILES string of the molecule is O=C(COC(=O)CN1C(=O)c2ccccc2C1=O)Nc1ccc(Cl)cc1F. The first-order valence-corrected chi connectivity index (χ1v) is 8.10. The molecule has 3 rings (SSSR count). The van der Waals surface area contributed by atoms with Gasteiger partial charge in [-0.15, -0.1) is 0 Å². The molecule has 0 bridgehead atoms. The van der Waals surface area contributed by atoms with Gasteiger partial charge in [0.25, 0.3) is 17.7 Å². The van der Waals surface area contributed by atoms with Gasteiger partial charge >= 0.3 is 5.97 Å². The summed E-state index contributed by atoms with van der Waals surface area (Å²) in [6.07, 6.45) is 0. The molecule has 0 aromatic heterocycles. The largest absolute Gasteiger partial charge is 0.454 e. The minimum absolute atomic E-state index is 0.124. The van der Waals surface area contributed by atoms with Crippen molar-refractivity contribution in [3.63, 3.8) is 0 Å². The Morgan fingerprint density at radius 3 is 2.30 bits per heavy atom. The summed E-state index contributed by atoms with van der Waals surface area (Å²) in [5.74, 6) is -3.70. The van der Waals surface area contributed by atoms with E-state index in [9.17, 15) is 23.6 Å². The molecule has 0 radical (unpaired) electrons. The van der Waals surface area contributed by atoms with Gasteiger partial charge < -0.3 is 10.1 Å². The van der Waals surface area contributed by atoms with Crippen LogP contribution in [0.3, 0.4) is 0 Å². The second kappa shape index (κ2) is 7.55. The van der Waals surface area contributed by atoms with Crippen LogP contribution in [-0.4, -0.2) is 41.7 Å². The minimum atomic E-state index is -0.948. The Labute approximate surface area is 157 Å². The van der Waals surface area contributed by atoms with Crippen LogP contribution >= 0.6 is 11.6 Å². The molecule has 27 heavy (non-hydrogen) atoms. The standard InChI is InChI=1S/C18H12ClFN2O5/c19-10-5-6-14(13(20)7-10)21-15(23)9-27-16(24)8-22-17(25)11-3-1-2-4-12(11)18(22)26/h1-7H,8-9H2,(H,21,23). The van der Waals surface area contributed by atoms with Crippen molar-refractivity contribution in [3.8, 4) is 0 Å². The van der Waals surface area contributed by atoms with Crippen LogP contribution in [-0.2, 0) is 14.3 Å². The molecule has 7 nitrogen and oxygen atoms in total. The summed E-state index contributed by atoms with van der Waals surface area (Å²) in [6.45, 7) is -1.33. The van der Waals surface area contributed by atoms with Crippen LogP contribution in [0.2, 0.25) is 5.02 Å². The van der Waals surface area contributed by atoms with E-state index in [4.69, 9.17) is 16.3 Å². The van der Waals surface area contributed by atoms with E-state index in [0.717, 1.165) is 11.0 Å². The van der Waals surface area contributed by atoms with Crippen molar-refractivity contribution in [3.05, 3.63) is 64.4 Å². The zero-order valence-electron chi connectivity index (χ0n) is 13.7. The van der Waals surface area contributed by atoms with E-state index in [1.807, 2.05) is 0 Å². The summed E-state index contributed by atoms with van der Waals surface area (Å²) in [4.78, 5) is 48.7. The van der Waals surface area contributed by atoms with Gasteiger partial charge in [-0.3, -0.25) is 24.1 Å². The van der Waals surface area contributed by atoms with Crippen LogP contribution < -0.4 is 5.32 Å². The van der Waals surface area contributed by atoms with Crippen molar-refractivity contribution >= 4 is 41.0 Å². The molecule has 138 valence electrons. The summed E-state index contributed by atoms with van der Waals surface area (Å²) in [5.41, 5.74) is 0.276. The number of esters is 1. The molecule has 1 aliphatic heterocycles. The third-order valence-corrected chi connectivity index (χ3v) is 3.97. The Bertz CT molecular complexity index is 928. The number of carbonyl (C=O) groups is 4. The fourth-order valence-corrected chi connectivity index (χ4v) is 2.64. The van der Waals surface area contributed by atoms with E-state index in [2.05, 4.69) is 5.32 Å². The smallest absolute Gasteiger partial charge is 0.326 e. The fourth-order valence-electron chi connectivity index (χ4n) is 2.48. The van der Waals surface area contributed by atoms with Crippen molar-refractivity contribution in [1.82, 2.24) is 4.90 Å². The molecule has 0 unspecified atom stereocenters. The highest BCUT2D eigenvalue weighted by Gasteiger charge is 2.36. The van der Waals surface area contributed by atoms with Gasteiger partial charge in [-0.2, -0.15) is 0 Å². The van der Waals surface area contributed by atoms with Gasteiger partial charge in [0.1, 0.15) is 12.4 Å². The van der Waals surface area contributed by atoms with Gasteiger partial charge in [0, 0.05) is 5.02 Å². The van der Waals surface area contributed by atoms with Crippen LogP contribution in [0.25, 0.3) is 0 Å². The maximum absolute atomic E-state index is 13.6. The quantitative estimate of drug-likeness (QED) is 0.624. The zero-order valence-corrected chi connectivity index (χ0v) is 14.5. The number of hydrogen-bond donors (Lipinski definition) is 1. The van der Waals surface area contributed by atoms with Gasteiger partial charge in [0.2, 0.25) is 0 Å². The Kier molecular flexibility index (Phi) is 5.18. The number of fused-ring (bicyclic) bond motifs is 1. The Hall–Kier alpha value is -3.26. The molecule has 9 heteroatoms. The third-order valence-electron chi connectivity index (χ3n) is 3.73. The number of rotatable bonds is 5. The van der Waals surface area contributed by atoms with Crippen molar-refractivity contribution in [2.45, 2.75) is 0 Å². The van der Waals surface area contributed by atoms with E-state index in [1.165, 1.54) is 24.3 Å². The lowest BCUT2D eigenvalue weighted by Crippen LogP contribution is -2.36.